The second kappa shape index (κ2) is 7.05. The number of ether oxygens (including phenoxy) is 1. The molecule has 1 aromatic heterocycles. The van der Waals surface area contributed by atoms with E-state index in [1.165, 1.54) is 11.0 Å². The minimum absolute atomic E-state index is 0.0269. The van der Waals surface area contributed by atoms with Gasteiger partial charge in [0.05, 0.1) is 6.54 Å². The highest BCUT2D eigenvalue weighted by atomic mass is 16.5. The molecule has 0 aliphatic rings. The monoisotopic (exact) mass is 285 g/mol. The Bertz CT molecular complexity index is 659. The highest BCUT2D eigenvalue weighted by molar-refractivity contribution is 5.75. The molecule has 0 saturated heterocycles. The largest absolute Gasteiger partial charge is 0.492 e. The topological polar surface area (TPSA) is 92.8 Å². The first-order valence-corrected chi connectivity index (χ1v) is 6.43. The van der Waals surface area contributed by atoms with E-state index in [0.717, 1.165) is 11.3 Å². The van der Waals surface area contributed by atoms with Gasteiger partial charge in [-0.2, -0.15) is 5.26 Å². The molecule has 2 aromatic rings. The zero-order chi connectivity index (χ0) is 15.1. The molecular weight excluding hydrogens is 270 g/mol. The van der Waals surface area contributed by atoms with Crippen LogP contribution >= 0.6 is 0 Å². The Labute approximate surface area is 122 Å². The summed E-state index contributed by atoms with van der Waals surface area (Å²) >= 11 is 0. The third-order valence-electron chi connectivity index (χ3n) is 2.62. The van der Waals surface area contributed by atoms with Gasteiger partial charge in [0.1, 0.15) is 31.3 Å². The quantitative estimate of drug-likeness (QED) is 0.787. The summed E-state index contributed by atoms with van der Waals surface area (Å²) in [6, 6.07) is 9.51. The van der Waals surface area contributed by atoms with Crippen LogP contribution in [0.25, 0.3) is 0 Å². The van der Waals surface area contributed by atoms with Crippen LogP contribution in [-0.4, -0.2) is 33.8 Å². The molecule has 0 radical (unpaired) electrons. The minimum atomic E-state index is -0.211. The van der Waals surface area contributed by atoms with Gasteiger partial charge in [-0.25, -0.2) is 9.67 Å². The summed E-state index contributed by atoms with van der Waals surface area (Å²) in [5.41, 5.74) is 1.12. The van der Waals surface area contributed by atoms with E-state index in [4.69, 9.17) is 10.00 Å². The molecule has 0 unspecified atom stereocenters. The van der Waals surface area contributed by atoms with Gasteiger partial charge < -0.3 is 10.1 Å². The maximum Gasteiger partial charge on any atom is 0.252 e. The summed E-state index contributed by atoms with van der Waals surface area (Å²) in [5.74, 6) is 0.613. The van der Waals surface area contributed by atoms with Crippen LogP contribution in [0.3, 0.4) is 0 Å². The van der Waals surface area contributed by atoms with Gasteiger partial charge in [-0.1, -0.05) is 12.1 Å². The van der Waals surface area contributed by atoms with Crippen LogP contribution < -0.4 is 10.1 Å². The second-order valence-electron chi connectivity index (χ2n) is 4.39. The fourth-order valence-corrected chi connectivity index (χ4v) is 1.69. The summed E-state index contributed by atoms with van der Waals surface area (Å²) in [6.45, 7) is 2.80. The van der Waals surface area contributed by atoms with Crippen molar-refractivity contribution < 1.29 is 9.53 Å². The molecular formula is C14H15N5O2. The van der Waals surface area contributed by atoms with Crippen molar-refractivity contribution in [1.82, 2.24) is 20.1 Å². The van der Waals surface area contributed by atoms with Gasteiger partial charge in [-0.15, -0.1) is 5.10 Å². The van der Waals surface area contributed by atoms with E-state index in [-0.39, 0.29) is 18.3 Å². The van der Waals surface area contributed by atoms with Crippen LogP contribution in [0.15, 0.2) is 30.6 Å². The van der Waals surface area contributed by atoms with Crippen molar-refractivity contribution in [3.63, 3.8) is 0 Å². The summed E-state index contributed by atoms with van der Waals surface area (Å²) in [4.78, 5) is 15.4. The molecule has 0 aliphatic carbocycles. The molecule has 0 fully saturated rings. The van der Waals surface area contributed by atoms with Crippen LogP contribution in [0.1, 0.15) is 11.4 Å². The number of carbonyl (C=O) groups excluding carboxylic acids is 1. The standard InChI is InChI=1S/C14H15N5O2/c1-11-3-2-4-12(7-11)21-6-5-16-14(20)9-19-10-17-13(8-15)18-19/h2-4,7,10H,5-6,9H2,1H3,(H,16,20). The van der Waals surface area contributed by atoms with Crippen molar-refractivity contribution in [2.45, 2.75) is 13.5 Å². The zero-order valence-electron chi connectivity index (χ0n) is 11.6. The van der Waals surface area contributed by atoms with E-state index in [1.54, 1.807) is 6.07 Å². The van der Waals surface area contributed by atoms with Crippen molar-refractivity contribution in [2.24, 2.45) is 0 Å². The summed E-state index contributed by atoms with van der Waals surface area (Å²) in [6.07, 6.45) is 1.35. The number of nitrogens with zero attached hydrogens (tertiary/aromatic N) is 4. The maximum atomic E-state index is 11.6. The maximum absolute atomic E-state index is 11.6. The predicted octanol–water partition coefficient (Wildman–Crippen LogP) is 0.653. The first-order chi connectivity index (χ1) is 10.2. The lowest BCUT2D eigenvalue weighted by Crippen LogP contribution is -2.31. The Morgan fingerprint density at radius 2 is 2.38 bits per heavy atom. The number of nitriles is 1. The Kier molecular flexibility index (Phi) is 4.88. The van der Waals surface area contributed by atoms with E-state index in [2.05, 4.69) is 15.4 Å². The number of nitrogens with one attached hydrogen (secondary N) is 1. The molecule has 1 N–H and O–H groups in total. The van der Waals surface area contributed by atoms with Gasteiger partial charge in [-0.3, -0.25) is 4.79 Å². The number of hydrogen-bond donors (Lipinski definition) is 1. The van der Waals surface area contributed by atoms with Crippen molar-refractivity contribution in [3.05, 3.63) is 42.0 Å². The fourth-order valence-electron chi connectivity index (χ4n) is 1.69. The summed E-state index contributed by atoms with van der Waals surface area (Å²) in [7, 11) is 0. The molecule has 0 aliphatic heterocycles. The summed E-state index contributed by atoms with van der Waals surface area (Å²) in [5, 5.41) is 15.1. The van der Waals surface area contributed by atoms with E-state index in [1.807, 2.05) is 31.2 Å². The molecule has 7 nitrogen and oxygen atoms in total. The molecule has 1 aromatic carbocycles. The van der Waals surface area contributed by atoms with E-state index in [9.17, 15) is 4.79 Å². The van der Waals surface area contributed by atoms with Crippen LogP contribution in [0.4, 0.5) is 0 Å². The Hall–Kier alpha value is -2.88. The van der Waals surface area contributed by atoms with E-state index < -0.39 is 0 Å². The molecule has 0 saturated carbocycles. The number of amides is 1. The van der Waals surface area contributed by atoms with Crippen molar-refractivity contribution in [3.8, 4) is 11.8 Å². The molecule has 7 heteroatoms. The number of rotatable bonds is 6. The molecule has 1 heterocycles. The highest BCUT2D eigenvalue weighted by Crippen LogP contribution is 2.11. The van der Waals surface area contributed by atoms with Gasteiger partial charge in [0.15, 0.2) is 0 Å². The fraction of sp³-hybridized carbons (Fsp3) is 0.286. The second-order valence-corrected chi connectivity index (χ2v) is 4.39. The predicted molar refractivity (Wildman–Crippen MR) is 74.4 cm³/mol. The third kappa shape index (κ3) is 4.62. The Morgan fingerprint density at radius 1 is 1.52 bits per heavy atom. The summed E-state index contributed by atoms with van der Waals surface area (Å²) < 4.78 is 6.83. The Morgan fingerprint density at radius 3 is 3.10 bits per heavy atom. The molecule has 0 spiro atoms. The van der Waals surface area contributed by atoms with Gasteiger partial charge in [-0.05, 0) is 24.6 Å². The number of aryl methyl sites for hydroxylation is 1. The normalized spacial score (nSPS) is 9.90. The number of hydrogen-bond acceptors (Lipinski definition) is 5. The molecule has 1 amide bonds. The average molecular weight is 285 g/mol. The van der Waals surface area contributed by atoms with Crippen LogP contribution in [-0.2, 0) is 11.3 Å². The zero-order valence-corrected chi connectivity index (χ0v) is 11.6. The highest BCUT2D eigenvalue weighted by Gasteiger charge is 2.05. The first-order valence-electron chi connectivity index (χ1n) is 6.43. The van der Waals surface area contributed by atoms with Crippen molar-refractivity contribution in [2.75, 3.05) is 13.2 Å². The molecule has 0 atom stereocenters. The lowest BCUT2D eigenvalue weighted by molar-refractivity contribution is -0.121. The molecule has 21 heavy (non-hydrogen) atoms. The van der Waals surface area contributed by atoms with Crippen molar-refractivity contribution >= 4 is 5.91 Å². The van der Waals surface area contributed by atoms with Gasteiger partial charge in [0.25, 0.3) is 5.82 Å². The first kappa shape index (κ1) is 14.5. The van der Waals surface area contributed by atoms with Gasteiger partial charge in [0.2, 0.25) is 5.91 Å². The van der Waals surface area contributed by atoms with Crippen LogP contribution in [0, 0.1) is 18.3 Å². The van der Waals surface area contributed by atoms with E-state index in [0.29, 0.717) is 13.2 Å². The van der Waals surface area contributed by atoms with E-state index >= 15 is 0 Å². The lowest BCUT2D eigenvalue weighted by atomic mass is 10.2. The van der Waals surface area contributed by atoms with Gasteiger partial charge >= 0.3 is 0 Å². The van der Waals surface area contributed by atoms with Crippen molar-refractivity contribution in [1.29, 1.82) is 5.26 Å². The smallest absolute Gasteiger partial charge is 0.252 e. The number of aromatic nitrogens is 3. The lowest BCUT2D eigenvalue weighted by Gasteiger charge is -2.08. The minimum Gasteiger partial charge on any atom is -0.492 e. The molecule has 0 bridgehead atoms. The third-order valence-corrected chi connectivity index (χ3v) is 2.62. The average Bonchev–Trinajstić information content (AvgIpc) is 2.91. The van der Waals surface area contributed by atoms with Gasteiger partial charge in [0, 0.05) is 0 Å². The van der Waals surface area contributed by atoms with Crippen LogP contribution in [0.2, 0.25) is 0 Å². The molecule has 108 valence electrons. The number of benzene rings is 1. The SMILES string of the molecule is Cc1cccc(OCCNC(=O)Cn2cnc(C#N)n2)c1. The number of carbonyl (C=O) groups is 1. The molecule has 2 rings (SSSR count). The Balaban J connectivity index is 1.69. The van der Waals surface area contributed by atoms with Crippen LogP contribution in [0.5, 0.6) is 5.75 Å².